The second-order valence-electron chi connectivity index (χ2n) is 3.00. The van der Waals surface area contributed by atoms with Crippen LogP contribution >= 0.6 is 11.6 Å². The number of alkyl halides is 2. The molecule has 0 aliphatic rings. The summed E-state index contributed by atoms with van der Waals surface area (Å²) in [7, 11) is 0. The first-order chi connectivity index (χ1) is 7.26. The molecule has 1 aromatic carbocycles. The van der Waals surface area contributed by atoms with Crippen LogP contribution in [0.2, 0.25) is 5.02 Å². The number of rotatable bonds is 3. The fourth-order valence-electron chi connectivity index (χ4n) is 1.01. The van der Waals surface area contributed by atoms with E-state index in [1.165, 1.54) is 0 Å². The number of halogens is 4. The Morgan fingerprint density at radius 2 is 2.00 bits per heavy atom. The lowest BCUT2D eigenvalue weighted by Crippen LogP contribution is -2.35. The Hall–Kier alpha value is -1.27. The molecule has 16 heavy (non-hydrogen) atoms. The van der Waals surface area contributed by atoms with Crippen molar-refractivity contribution in [2.75, 3.05) is 0 Å². The molecule has 0 radical (unpaired) electrons. The van der Waals surface area contributed by atoms with Gasteiger partial charge in [0.2, 0.25) is 0 Å². The minimum Gasteiger partial charge on any atom is -0.477 e. The predicted molar refractivity (Wildman–Crippen MR) is 49.0 cm³/mol. The van der Waals surface area contributed by atoms with E-state index in [4.69, 9.17) is 21.8 Å². The molecule has 0 amide bonds. The van der Waals surface area contributed by atoms with Crippen molar-refractivity contribution in [1.29, 1.82) is 0 Å². The van der Waals surface area contributed by atoms with E-state index in [0.29, 0.717) is 6.07 Å². The highest BCUT2D eigenvalue weighted by Gasteiger charge is 2.47. The van der Waals surface area contributed by atoms with Gasteiger partial charge in [0.05, 0.1) is 5.02 Å². The van der Waals surface area contributed by atoms with Crippen molar-refractivity contribution in [3.8, 4) is 0 Å². The fraction of sp³-hybridized carbons (Fsp3) is 0.222. The first-order valence-corrected chi connectivity index (χ1v) is 4.39. The normalized spacial score (nSPS) is 13.6. The molecule has 1 aromatic rings. The molecule has 1 unspecified atom stereocenters. The maximum absolute atomic E-state index is 12.9. The Kier molecular flexibility index (Phi) is 3.44. The zero-order valence-corrected chi connectivity index (χ0v) is 8.38. The van der Waals surface area contributed by atoms with Crippen LogP contribution in [0.3, 0.4) is 0 Å². The van der Waals surface area contributed by atoms with Crippen molar-refractivity contribution < 1.29 is 28.2 Å². The van der Waals surface area contributed by atoms with Gasteiger partial charge in [-0.15, -0.1) is 0 Å². The van der Waals surface area contributed by atoms with Gasteiger partial charge in [0, 0.05) is 0 Å². The molecular weight excluding hydrogens is 249 g/mol. The number of benzene rings is 1. The summed E-state index contributed by atoms with van der Waals surface area (Å²) in [5.41, 5.74) is -0.561. The molecule has 0 bridgehead atoms. The van der Waals surface area contributed by atoms with Crippen molar-refractivity contribution >= 4 is 17.6 Å². The number of carbonyl (C=O) groups is 1. The van der Waals surface area contributed by atoms with Gasteiger partial charge in [0.15, 0.2) is 6.10 Å². The molecule has 0 aliphatic heterocycles. The van der Waals surface area contributed by atoms with E-state index in [2.05, 4.69) is 0 Å². The van der Waals surface area contributed by atoms with Gasteiger partial charge < -0.3 is 10.2 Å². The Labute approximate surface area is 93.1 Å². The largest absolute Gasteiger partial charge is 0.477 e. The van der Waals surface area contributed by atoms with Crippen LogP contribution in [0, 0.1) is 5.82 Å². The molecule has 0 spiro atoms. The van der Waals surface area contributed by atoms with Crippen molar-refractivity contribution in [3.05, 3.63) is 34.6 Å². The summed E-state index contributed by atoms with van der Waals surface area (Å²) in [6.07, 6.45) is -2.63. The lowest BCUT2D eigenvalue weighted by Gasteiger charge is -2.18. The van der Waals surface area contributed by atoms with Gasteiger partial charge in [-0.05, 0) is 17.7 Å². The van der Waals surface area contributed by atoms with Crippen molar-refractivity contribution in [2.45, 2.75) is 12.0 Å². The number of carboxylic acid groups (broad SMARTS) is 1. The first-order valence-electron chi connectivity index (χ1n) is 4.01. The fourth-order valence-corrected chi connectivity index (χ4v) is 1.13. The zero-order chi connectivity index (χ0) is 12.5. The highest BCUT2D eigenvalue weighted by molar-refractivity contribution is 6.30. The van der Waals surface area contributed by atoms with Crippen LogP contribution in [-0.2, 0) is 4.79 Å². The number of hydrogen-bond donors (Lipinski definition) is 2. The standard InChI is InChI=1S/C9H6ClF3O3/c10-5-2-1-4(3-6(5)11)7(14)9(12,13)8(15)16/h1-3,7,14H,(H,15,16). The molecule has 0 saturated carbocycles. The van der Waals surface area contributed by atoms with Gasteiger partial charge in [-0.3, -0.25) is 0 Å². The second-order valence-corrected chi connectivity index (χ2v) is 3.41. The number of aliphatic hydroxyl groups excluding tert-OH is 1. The molecular formula is C9H6ClF3O3. The topological polar surface area (TPSA) is 57.5 Å². The zero-order valence-electron chi connectivity index (χ0n) is 7.62. The minimum absolute atomic E-state index is 0.311. The molecule has 88 valence electrons. The van der Waals surface area contributed by atoms with Crippen molar-refractivity contribution in [3.63, 3.8) is 0 Å². The summed E-state index contributed by atoms with van der Waals surface area (Å²) < 4.78 is 38.6. The van der Waals surface area contributed by atoms with Crippen molar-refractivity contribution in [1.82, 2.24) is 0 Å². The quantitative estimate of drug-likeness (QED) is 0.870. The minimum atomic E-state index is -4.39. The first kappa shape index (κ1) is 12.8. The monoisotopic (exact) mass is 254 g/mol. The van der Waals surface area contributed by atoms with Crippen LogP contribution in [-0.4, -0.2) is 22.1 Å². The summed E-state index contributed by atoms with van der Waals surface area (Å²) in [6.45, 7) is 0. The smallest absolute Gasteiger partial charge is 0.377 e. The maximum atomic E-state index is 12.9. The van der Waals surface area contributed by atoms with Crippen LogP contribution in [0.15, 0.2) is 18.2 Å². The van der Waals surface area contributed by atoms with Gasteiger partial charge in [0.1, 0.15) is 5.82 Å². The van der Waals surface area contributed by atoms with Gasteiger partial charge in [0.25, 0.3) is 0 Å². The third-order valence-corrected chi connectivity index (χ3v) is 2.19. The maximum Gasteiger partial charge on any atom is 0.377 e. The number of aliphatic hydroxyl groups is 1. The van der Waals surface area contributed by atoms with E-state index in [-0.39, 0.29) is 5.02 Å². The van der Waals surface area contributed by atoms with Gasteiger partial charge in [-0.1, -0.05) is 17.7 Å². The number of hydrogen-bond acceptors (Lipinski definition) is 2. The van der Waals surface area contributed by atoms with E-state index in [1.54, 1.807) is 0 Å². The van der Waals surface area contributed by atoms with E-state index in [0.717, 1.165) is 12.1 Å². The third kappa shape index (κ3) is 2.28. The summed E-state index contributed by atoms with van der Waals surface area (Å²) in [6, 6.07) is 2.43. The summed E-state index contributed by atoms with van der Waals surface area (Å²) in [4.78, 5) is 10.2. The molecule has 2 N–H and O–H groups in total. The average Bonchev–Trinajstić information content (AvgIpc) is 2.20. The van der Waals surface area contributed by atoms with Crippen molar-refractivity contribution in [2.24, 2.45) is 0 Å². The predicted octanol–water partition coefficient (Wildman–Crippen LogP) is 2.23. The lowest BCUT2D eigenvalue weighted by atomic mass is 10.0. The molecule has 0 heterocycles. The van der Waals surface area contributed by atoms with E-state index >= 15 is 0 Å². The highest BCUT2D eigenvalue weighted by Crippen LogP contribution is 2.32. The Morgan fingerprint density at radius 1 is 1.44 bits per heavy atom. The molecule has 0 saturated heterocycles. The highest BCUT2D eigenvalue weighted by atomic mass is 35.5. The van der Waals surface area contributed by atoms with Crippen LogP contribution in [0.25, 0.3) is 0 Å². The Balaban J connectivity index is 3.10. The number of aliphatic carboxylic acids is 1. The lowest BCUT2D eigenvalue weighted by molar-refractivity contribution is -0.182. The van der Waals surface area contributed by atoms with E-state index in [9.17, 15) is 18.0 Å². The molecule has 0 fully saturated rings. The molecule has 0 aromatic heterocycles. The van der Waals surface area contributed by atoms with Crippen LogP contribution in [0.1, 0.15) is 11.7 Å². The van der Waals surface area contributed by atoms with E-state index in [1.807, 2.05) is 0 Å². The van der Waals surface area contributed by atoms with Gasteiger partial charge in [-0.2, -0.15) is 8.78 Å². The van der Waals surface area contributed by atoms with Crippen LogP contribution < -0.4 is 0 Å². The van der Waals surface area contributed by atoms with Crippen LogP contribution in [0.5, 0.6) is 0 Å². The molecule has 3 nitrogen and oxygen atoms in total. The Bertz CT molecular complexity index is 422. The molecule has 0 aliphatic carbocycles. The molecule has 7 heteroatoms. The second kappa shape index (κ2) is 4.31. The SMILES string of the molecule is O=C(O)C(F)(F)C(O)c1ccc(Cl)c(F)c1. The molecule has 1 rings (SSSR count). The van der Waals surface area contributed by atoms with E-state index < -0.39 is 29.4 Å². The summed E-state index contributed by atoms with van der Waals surface area (Å²) >= 11 is 5.30. The number of carboxylic acids is 1. The summed E-state index contributed by atoms with van der Waals surface area (Å²) in [5, 5.41) is 16.9. The molecule has 1 atom stereocenters. The van der Waals surface area contributed by atoms with Gasteiger partial charge >= 0.3 is 11.9 Å². The third-order valence-electron chi connectivity index (χ3n) is 1.89. The average molecular weight is 255 g/mol. The van der Waals surface area contributed by atoms with Gasteiger partial charge in [-0.25, -0.2) is 9.18 Å². The van der Waals surface area contributed by atoms with Crippen LogP contribution in [0.4, 0.5) is 13.2 Å². The summed E-state index contributed by atoms with van der Waals surface area (Å²) in [5.74, 6) is -7.89. The Morgan fingerprint density at radius 3 is 2.44 bits per heavy atom.